The molecule has 2 aliphatic rings. The van der Waals surface area contributed by atoms with Crippen molar-refractivity contribution in [2.24, 2.45) is 5.92 Å². The van der Waals surface area contributed by atoms with Crippen molar-refractivity contribution in [3.05, 3.63) is 57.1 Å². The second-order valence-corrected chi connectivity index (χ2v) is 7.64. The van der Waals surface area contributed by atoms with Gasteiger partial charge in [-0.1, -0.05) is 0 Å². The third-order valence-corrected chi connectivity index (χ3v) is 5.83. The van der Waals surface area contributed by atoms with Crippen LogP contribution in [0.4, 0.5) is 0 Å². The van der Waals surface area contributed by atoms with Crippen molar-refractivity contribution in [2.45, 2.75) is 32.6 Å². The molecule has 1 N–H and O–H groups in total. The Labute approximate surface area is 167 Å². The van der Waals surface area contributed by atoms with Gasteiger partial charge in [-0.25, -0.2) is 9.59 Å². The van der Waals surface area contributed by atoms with Crippen molar-refractivity contribution in [3.63, 3.8) is 0 Å². The van der Waals surface area contributed by atoms with Crippen LogP contribution in [0.25, 0.3) is 0 Å². The summed E-state index contributed by atoms with van der Waals surface area (Å²) < 4.78 is 10.2. The number of carbonyl (C=O) groups excluding carboxylic acids is 3. The van der Waals surface area contributed by atoms with Crippen LogP contribution in [-0.4, -0.2) is 31.4 Å². The first-order chi connectivity index (χ1) is 13.5. The highest BCUT2D eigenvalue weighted by atomic mass is 32.1. The van der Waals surface area contributed by atoms with E-state index < -0.39 is 17.9 Å². The molecule has 1 aliphatic heterocycles. The fourth-order valence-electron chi connectivity index (χ4n) is 3.12. The van der Waals surface area contributed by atoms with Crippen LogP contribution >= 0.6 is 11.3 Å². The van der Waals surface area contributed by atoms with Crippen LogP contribution in [0.1, 0.15) is 36.1 Å². The molecule has 0 amide bonds. The van der Waals surface area contributed by atoms with E-state index >= 15 is 0 Å². The molecule has 1 aromatic rings. The molecule has 1 atom stereocenters. The minimum atomic E-state index is -0.622. The van der Waals surface area contributed by atoms with E-state index in [0.717, 1.165) is 23.3 Å². The summed E-state index contributed by atoms with van der Waals surface area (Å²) >= 11 is 1.46. The summed E-state index contributed by atoms with van der Waals surface area (Å²) in [6.45, 7) is 3.86. The van der Waals surface area contributed by atoms with E-state index in [0.29, 0.717) is 16.8 Å². The number of dihydropyridines is 1. The number of allylic oxidation sites excluding steroid dienone is 2. The fraction of sp³-hybridized carbons (Fsp3) is 0.381. The lowest BCUT2D eigenvalue weighted by atomic mass is 9.84. The van der Waals surface area contributed by atoms with Gasteiger partial charge in [-0.2, -0.15) is 0 Å². The molecule has 1 fully saturated rings. The fourth-order valence-corrected chi connectivity index (χ4v) is 4.17. The van der Waals surface area contributed by atoms with Crippen LogP contribution in [0.3, 0.4) is 0 Å². The molecule has 148 valence electrons. The van der Waals surface area contributed by atoms with Crippen LogP contribution in [0.15, 0.2) is 46.6 Å². The molecule has 0 aromatic carbocycles. The maximum absolute atomic E-state index is 12.9. The second kappa shape index (κ2) is 8.56. The lowest BCUT2D eigenvalue weighted by Gasteiger charge is -2.27. The topological polar surface area (TPSA) is 81.7 Å². The normalized spacial score (nSPS) is 19.2. The van der Waals surface area contributed by atoms with Gasteiger partial charge in [-0.05, 0) is 55.9 Å². The number of carbonyl (C=O) groups is 3. The Hall–Kier alpha value is -2.67. The lowest BCUT2D eigenvalue weighted by molar-refractivity contribution is -0.139. The van der Waals surface area contributed by atoms with Crippen LogP contribution in [0, 0.1) is 12.8 Å². The smallest absolute Gasteiger partial charge is 0.337 e. The van der Waals surface area contributed by atoms with Gasteiger partial charge in [0, 0.05) is 22.7 Å². The first-order valence-electron chi connectivity index (χ1n) is 9.20. The average molecular weight is 401 g/mol. The highest BCUT2D eigenvalue weighted by molar-refractivity contribution is 7.10. The Morgan fingerprint density at radius 1 is 1.29 bits per heavy atom. The molecular weight excluding hydrogens is 378 g/mol. The molecule has 3 rings (SSSR count). The van der Waals surface area contributed by atoms with Gasteiger partial charge in [0.25, 0.3) is 0 Å². The van der Waals surface area contributed by atoms with Crippen LogP contribution in [-0.2, 0) is 23.9 Å². The molecule has 0 saturated heterocycles. The zero-order chi connectivity index (χ0) is 20.3. The summed E-state index contributed by atoms with van der Waals surface area (Å²) in [6.07, 6.45) is 6.45. The Kier molecular flexibility index (Phi) is 6.14. The molecule has 0 bridgehead atoms. The van der Waals surface area contributed by atoms with Gasteiger partial charge in [0.15, 0.2) is 5.78 Å². The number of ether oxygens (including phenoxy) is 2. The number of hydrogen-bond donors (Lipinski definition) is 1. The Bertz CT molecular complexity index is 888. The quantitative estimate of drug-likeness (QED) is 0.558. The molecule has 2 heterocycles. The van der Waals surface area contributed by atoms with Crippen LogP contribution in [0.5, 0.6) is 0 Å². The zero-order valence-corrected chi connectivity index (χ0v) is 16.9. The van der Waals surface area contributed by atoms with E-state index in [-0.39, 0.29) is 18.3 Å². The van der Waals surface area contributed by atoms with Crippen molar-refractivity contribution < 1.29 is 23.9 Å². The summed E-state index contributed by atoms with van der Waals surface area (Å²) in [5, 5.41) is 4.89. The predicted octanol–water partition coefficient (Wildman–Crippen LogP) is 3.15. The Balaban J connectivity index is 2.09. The molecule has 0 spiro atoms. The van der Waals surface area contributed by atoms with Crippen LogP contribution in [0.2, 0.25) is 0 Å². The number of ketones is 1. The largest absolute Gasteiger partial charge is 0.466 e. The molecule has 1 aromatic heterocycles. The molecule has 0 radical (unpaired) electrons. The predicted molar refractivity (Wildman–Crippen MR) is 106 cm³/mol. The van der Waals surface area contributed by atoms with Gasteiger partial charge >= 0.3 is 11.9 Å². The van der Waals surface area contributed by atoms with E-state index in [1.165, 1.54) is 24.5 Å². The highest BCUT2D eigenvalue weighted by Gasteiger charge is 2.38. The molecule has 7 heteroatoms. The number of thiophene rings is 1. The number of rotatable bonds is 7. The summed E-state index contributed by atoms with van der Waals surface area (Å²) in [7, 11) is 1.30. The summed E-state index contributed by atoms with van der Waals surface area (Å²) in [5.41, 5.74) is 2.04. The number of methoxy groups -OCH3 is 1. The van der Waals surface area contributed by atoms with E-state index in [2.05, 4.69) is 5.32 Å². The van der Waals surface area contributed by atoms with E-state index in [9.17, 15) is 14.4 Å². The molecule has 28 heavy (non-hydrogen) atoms. The number of hydrogen-bond acceptors (Lipinski definition) is 7. The van der Waals surface area contributed by atoms with Crippen LogP contribution < -0.4 is 5.32 Å². The van der Waals surface area contributed by atoms with Crippen molar-refractivity contribution in [2.75, 3.05) is 13.7 Å². The van der Waals surface area contributed by atoms with E-state index in [4.69, 9.17) is 9.47 Å². The number of aryl methyl sites for hydroxylation is 1. The summed E-state index contributed by atoms with van der Waals surface area (Å²) in [4.78, 5) is 38.2. The van der Waals surface area contributed by atoms with Gasteiger partial charge in [0.2, 0.25) is 0 Å². The standard InChI is InChI=1S/C21H23NO5S/c1-4-27-21(25)18-15(7-8-16(23)13-5-6-13)22-11-14(20(24)26-3)17(18)19-12(2)9-10-28-19/h7-11,13,17,22H,4-6H2,1-3H3. The third kappa shape index (κ3) is 4.09. The number of nitrogens with one attached hydrogen (secondary N) is 1. The molecular formula is C21H23NO5S. The SMILES string of the molecule is CCOC(=O)C1=C(C=CC(=O)C2CC2)NC=C(C(=O)OC)C1c1sccc1C. The van der Waals surface area contributed by atoms with Gasteiger partial charge < -0.3 is 14.8 Å². The van der Waals surface area contributed by atoms with Gasteiger partial charge in [-0.15, -0.1) is 11.3 Å². The Morgan fingerprint density at radius 2 is 2.04 bits per heavy atom. The monoisotopic (exact) mass is 401 g/mol. The average Bonchev–Trinajstić information content (AvgIpc) is 3.46. The molecule has 6 nitrogen and oxygen atoms in total. The number of esters is 2. The lowest BCUT2D eigenvalue weighted by Crippen LogP contribution is -2.29. The highest BCUT2D eigenvalue weighted by Crippen LogP contribution is 2.41. The maximum Gasteiger partial charge on any atom is 0.337 e. The Morgan fingerprint density at radius 3 is 2.61 bits per heavy atom. The molecule has 1 unspecified atom stereocenters. The molecule has 1 aliphatic carbocycles. The van der Waals surface area contributed by atoms with Gasteiger partial charge in [0.05, 0.1) is 30.8 Å². The second-order valence-electron chi connectivity index (χ2n) is 6.69. The summed E-state index contributed by atoms with van der Waals surface area (Å²) in [5.74, 6) is -1.54. The van der Waals surface area contributed by atoms with Crippen molar-refractivity contribution in [1.82, 2.24) is 5.32 Å². The van der Waals surface area contributed by atoms with Crippen molar-refractivity contribution in [3.8, 4) is 0 Å². The van der Waals surface area contributed by atoms with E-state index in [1.807, 2.05) is 18.4 Å². The zero-order valence-electron chi connectivity index (χ0n) is 16.1. The van der Waals surface area contributed by atoms with Gasteiger partial charge in [-0.3, -0.25) is 4.79 Å². The summed E-state index contributed by atoms with van der Waals surface area (Å²) in [6, 6.07) is 1.94. The maximum atomic E-state index is 12.9. The first-order valence-corrected chi connectivity index (χ1v) is 10.1. The third-order valence-electron chi connectivity index (χ3n) is 4.75. The minimum Gasteiger partial charge on any atom is -0.466 e. The minimum absolute atomic E-state index is 0.0455. The van der Waals surface area contributed by atoms with Crippen molar-refractivity contribution in [1.29, 1.82) is 0 Å². The molecule has 1 saturated carbocycles. The van der Waals surface area contributed by atoms with Gasteiger partial charge in [0.1, 0.15) is 0 Å². The first kappa shape index (κ1) is 20.1. The van der Waals surface area contributed by atoms with E-state index in [1.54, 1.807) is 19.2 Å². The van der Waals surface area contributed by atoms with Crippen molar-refractivity contribution >= 4 is 29.1 Å².